The first-order valence-corrected chi connectivity index (χ1v) is 9.21. The van der Waals surface area contributed by atoms with Crippen LogP contribution in [0.2, 0.25) is 0 Å². The van der Waals surface area contributed by atoms with Gasteiger partial charge in [-0.05, 0) is 25.2 Å². The minimum atomic E-state index is -0.136. The summed E-state index contributed by atoms with van der Waals surface area (Å²) in [5.74, 6) is 0.929. The smallest absolute Gasteiger partial charge is 0.290 e. The number of fused-ring (bicyclic) bond motifs is 1. The molecule has 1 aromatic heterocycles. The molecule has 0 spiro atoms. The van der Waals surface area contributed by atoms with Gasteiger partial charge in [0.1, 0.15) is 5.76 Å². The predicted octanol–water partition coefficient (Wildman–Crippen LogP) is 4.02. The summed E-state index contributed by atoms with van der Waals surface area (Å²) < 4.78 is 11.1. The van der Waals surface area contributed by atoms with Crippen molar-refractivity contribution in [2.24, 2.45) is 5.41 Å². The minimum Gasteiger partial charge on any atom is -0.455 e. The third kappa shape index (κ3) is 3.97. The zero-order valence-electron chi connectivity index (χ0n) is 16.4. The first-order chi connectivity index (χ1) is 11.8. The van der Waals surface area contributed by atoms with Crippen molar-refractivity contribution in [2.45, 2.75) is 66.3 Å². The maximum Gasteiger partial charge on any atom is 0.290 e. The molecule has 0 unspecified atom stereocenters. The molecule has 1 aliphatic rings. The summed E-state index contributed by atoms with van der Waals surface area (Å²) in [7, 11) is 1.63. The van der Waals surface area contributed by atoms with E-state index in [0.29, 0.717) is 48.6 Å². The summed E-state index contributed by atoms with van der Waals surface area (Å²) in [4.78, 5) is 27.6. The van der Waals surface area contributed by atoms with Gasteiger partial charge in [-0.1, -0.05) is 27.7 Å². The van der Waals surface area contributed by atoms with Crippen LogP contribution in [0.3, 0.4) is 0 Å². The largest absolute Gasteiger partial charge is 0.455 e. The van der Waals surface area contributed by atoms with E-state index >= 15 is 0 Å². The third-order valence-electron chi connectivity index (χ3n) is 5.15. The van der Waals surface area contributed by atoms with E-state index < -0.39 is 0 Å². The Hall–Kier alpha value is -1.62. The van der Waals surface area contributed by atoms with Gasteiger partial charge in [-0.3, -0.25) is 9.59 Å². The monoisotopic (exact) mass is 349 g/mol. The van der Waals surface area contributed by atoms with Crippen LogP contribution in [0.4, 0.5) is 0 Å². The number of hydrogen-bond donors (Lipinski definition) is 0. The van der Waals surface area contributed by atoms with Crippen molar-refractivity contribution < 1.29 is 18.7 Å². The van der Waals surface area contributed by atoms with Crippen LogP contribution in [0, 0.1) is 12.3 Å². The van der Waals surface area contributed by atoms with Gasteiger partial charge >= 0.3 is 0 Å². The third-order valence-corrected chi connectivity index (χ3v) is 5.15. The number of hydrogen-bond acceptors (Lipinski definition) is 4. The van der Waals surface area contributed by atoms with E-state index in [1.54, 1.807) is 7.11 Å². The number of ketones is 1. The quantitative estimate of drug-likeness (QED) is 0.746. The molecule has 5 heteroatoms. The fraction of sp³-hybridized carbons (Fsp3) is 0.700. The lowest BCUT2D eigenvalue weighted by molar-refractivity contribution is 0.0554. The molecule has 0 bridgehead atoms. The number of carbonyl (C=O) groups excluding carboxylic acids is 2. The number of methoxy groups -OCH3 is 1. The lowest BCUT2D eigenvalue weighted by atomic mass is 9.76. The molecule has 0 N–H and O–H groups in total. The van der Waals surface area contributed by atoms with Gasteiger partial charge in [-0.25, -0.2) is 0 Å². The van der Waals surface area contributed by atoms with E-state index in [4.69, 9.17) is 9.15 Å². The van der Waals surface area contributed by atoms with E-state index in [0.717, 1.165) is 12.8 Å². The molecule has 0 saturated carbocycles. The summed E-state index contributed by atoms with van der Waals surface area (Å²) in [5.41, 5.74) is 1.19. The highest BCUT2D eigenvalue weighted by Crippen LogP contribution is 2.38. The summed E-state index contributed by atoms with van der Waals surface area (Å²) in [5, 5.41) is 0. The molecular weight excluding hydrogens is 318 g/mol. The summed E-state index contributed by atoms with van der Waals surface area (Å²) in [6, 6.07) is 0.135. The van der Waals surface area contributed by atoms with Gasteiger partial charge in [-0.2, -0.15) is 0 Å². The van der Waals surface area contributed by atoms with Gasteiger partial charge in [0.25, 0.3) is 5.91 Å². The van der Waals surface area contributed by atoms with Gasteiger partial charge in [0.15, 0.2) is 11.5 Å². The van der Waals surface area contributed by atoms with Crippen molar-refractivity contribution in [1.82, 2.24) is 4.90 Å². The van der Waals surface area contributed by atoms with E-state index in [1.807, 2.05) is 11.8 Å². The van der Waals surface area contributed by atoms with Crippen molar-refractivity contribution in [2.75, 3.05) is 20.3 Å². The Labute approximate surface area is 150 Å². The molecule has 0 fully saturated rings. The fourth-order valence-electron chi connectivity index (χ4n) is 3.79. The fourth-order valence-corrected chi connectivity index (χ4v) is 3.79. The molecule has 140 valence electrons. The topological polar surface area (TPSA) is 59.8 Å². The number of furan rings is 1. The zero-order valence-corrected chi connectivity index (χ0v) is 16.4. The first kappa shape index (κ1) is 19.7. The van der Waals surface area contributed by atoms with Crippen molar-refractivity contribution in [1.29, 1.82) is 0 Å². The number of ether oxygens (including phenoxy) is 1. The molecule has 1 amide bonds. The summed E-state index contributed by atoms with van der Waals surface area (Å²) >= 11 is 0. The molecule has 0 saturated heterocycles. The van der Waals surface area contributed by atoms with Crippen molar-refractivity contribution in [3.8, 4) is 0 Å². The average Bonchev–Trinajstić information content (AvgIpc) is 2.86. The van der Waals surface area contributed by atoms with Crippen molar-refractivity contribution in [3.63, 3.8) is 0 Å². The van der Waals surface area contributed by atoms with Crippen LogP contribution in [0.1, 0.15) is 79.2 Å². The number of nitrogens with zero attached hydrogens (tertiary/aromatic N) is 1. The van der Waals surface area contributed by atoms with E-state index in [-0.39, 0.29) is 23.1 Å². The Morgan fingerprint density at radius 3 is 2.48 bits per heavy atom. The first-order valence-electron chi connectivity index (χ1n) is 9.21. The van der Waals surface area contributed by atoms with Crippen LogP contribution >= 0.6 is 0 Å². The Kier molecular flexibility index (Phi) is 6.09. The SMILES string of the molecule is CCC(CC)N(CCOC)C(=O)c1oc2c(c1C)C(=O)CC(C)(C)C2. The molecule has 0 atom stereocenters. The average molecular weight is 349 g/mol. The van der Waals surface area contributed by atoms with E-state index in [2.05, 4.69) is 27.7 Å². The predicted molar refractivity (Wildman–Crippen MR) is 97.2 cm³/mol. The molecule has 0 radical (unpaired) electrons. The van der Waals surface area contributed by atoms with Gasteiger partial charge in [0.05, 0.1) is 12.2 Å². The van der Waals surface area contributed by atoms with Crippen LogP contribution in [0.15, 0.2) is 4.42 Å². The summed E-state index contributed by atoms with van der Waals surface area (Å²) in [6.07, 6.45) is 2.92. The minimum absolute atomic E-state index is 0.0810. The molecule has 0 aliphatic heterocycles. The lowest BCUT2D eigenvalue weighted by Gasteiger charge is -2.29. The van der Waals surface area contributed by atoms with Crippen LogP contribution in [0.5, 0.6) is 0 Å². The standard InChI is InChI=1S/C20H31NO4/c1-7-14(8-2)21(9-10-24-6)19(23)18-13(3)17-15(22)11-20(4,5)12-16(17)25-18/h14H,7-12H2,1-6H3. The Balaban J connectivity index is 2.39. The lowest BCUT2D eigenvalue weighted by Crippen LogP contribution is -2.42. The molecule has 1 aromatic rings. The second-order valence-corrected chi connectivity index (χ2v) is 7.76. The molecule has 25 heavy (non-hydrogen) atoms. The second-order valence-electron chi connectivity index (χ2n) is 7.76. The molecule has 0 aromatic carbocycles. The van der Waals surface area contributed by atoms with Gasteiger partial charge in [-0.15, -0.1) is 0 Å². The molecule has 1 aliphatic carbocycles. The molecule has 2 rings (SSSR count). The van der Waals surface area contributed by atoms with Crippen molar-refractivity contribution >= 4 is 11.7 Å². The highest BCUT2D eigenvalue weighted by atomic mass is 16.5. The highest BCUT2D eigenvalue weighted by Gasteiger charge is 2.38. The van der Waals surface area contributed by atoms with Gasteiger partial charge in [0, 0.05) is 38.1 Å². The highest BCUT2D eigenvalue weighted by molar-refractivity contribution is 6.03. The maximum atomic E-state index is 13.2. The van der Waals surface area contributed by atoms with E-state index in [1.165, 1.54) is 0 Å². The molecule has 5 nitrogen and oxygen atoms in total. The number of Topliss-reactive ketones (excluding diaryl/α,β-unsaturated/α-hetero) is 1. The second kappa shape index (κ2) is 7.73. The number of amides is 1. The normalized spacial score (nSPS) is 16.2. The Bertz CT molecular complexity index is 640. The Morgan fingerprint density at radius 2 is 1.92 bits per heavy atom. The van der Waals surface area contributed by atoms with Crippen LogP contribution < -0.4 is 0 Å². The number of rotatable bonds is 7. The number of carbonyl (C=O) groups is 2. The zero-order chi connectivity index (χ0) is 18.8. The van der Waals surface area contributed by atoms with Crippen LogP contribution in [-0.4, -0.2) is 42.9 Å². The maximum absolute atomic E-state index is 13.2. The van der Waals surface area contributed by atoms with E-state index in [9.17, 15) is 9.59 Å². The van der Waals surface area contributed by atoms with Crippen LogP contribution in [0.25, 0.3) is 0 Å². The Morgan fingerprint density at radius 1 is 1.28 bits per heavy atom. The molecular formula is C20H31NO4. The van der Waals surface area contributed by atoms with Crippen molar-refractivity contribution in [3.05, 3.63) is 22.6 Å². The van der Waals surface area contributed by atoms with Crippen LogP contribution in [-0.2, 0) is 11.2 Å². The summed E-state index contributed by atoms with van der Waals surface area (Å²) in [6.45, 7) is 11.1. The molecule has 1 heterocycles. The van der Waals surface area contributed by atoms with Gasteiger partial charge in [0.2, 0.25) is 0 Å². The van der Waals surface area contributed by atoms with Gasteiger partial charge < -0.3 is 14.1 Å².